The zero-order valence-electron chi connectivity index (χ0n) is 11.9. The van der Waals surface area contributed by atoms with Gasteiger partial charge in [0.1, 0.15) is 11.6 Å². The van der Waals surface area contributed by atoms with Gasteiger partial charge in [0, 0.05) is 6.04 Å². The number of hydrogen-bond donors (Lipinski definition) is 1. The summed E-state index contributed by atoms with van der Waals surface area (Å²) in [7, 11) is 0. The van der Waals surface area contributed by atoms with Gasteiger partial charge in [0.25, 0.3) is 0 Å². The Morgan fingerprint density at radius 2 is 1.71 bits per heavy atom. The van der Waals surface area contributed by atoms with E-state index in [2.05, 4.69) is 5.32 Å². The van der Waals surface area contributed by atoms with Gasteiger partial charge in [-0.1, -0.05) is 30.3 Å². The summed E-state index contributed by atoms with van der Waals surface area (Å²) in [5, 5.41) is 3.50. The van der Waals surface area contributed by atoms with E-state index in [1.165, 1.54) is 31.0 Å². The van der Waals surface area contributed by atoms with E-state index >= 15 is 0 Å². The molecule has 0 aromatic heterocycles. The molecule has 1 nitrogen and oxygen atoms in total. The minimum atomic E-state index is -0.209. The predicted octanol–water partition coefficient (Wildman–Crippen LogP) is 4.25. The SMILES string of the molecule is Fc1ccc(C(NCCc2ccccc2F)C2CC2)cc1. The third kappa shape index (κ3) is 3.67. The van der Waals surface area contributed by atoms with Gasteiger partial charge < -0.3 is 5.32 Å². The molecule has 0 heterocycles. The van der Waals surface area contributed by atoms with Crippen molar-refractivity contribution in [3.05, 3.63) is 71.3 Å². The van der Waals surface area contributed by atoms with Crippen molar-refractivity contribution in [2.45, 2.75) is 25.3 Å². The second kappa shape index (κ2) is 6.35. The second-order valence-electron chi connectivity index (χ2n) is 5.66. The van der Waals surface area contributed by atoms with Crippen LogP contribution < -0.4 is 5.32 Å². The molecular formula is C18H19F2N. The summed E-state index contributed by atoms with van der Waals surface area (Å²) in [6.45, 7) is 0.722. The molecule has 2 aromatic carbocycles. The van der Waals surface area contributed by atoms with Crippen LogP contribution in [-0.4, -0.2) is 6.54 Å². The van der Waals surface area contributed by atoms with Crippen LogP contribution in [0.25, 0.3) is 0 Å². The molecule has 2 aromatic rings. The minimum absolute atomic E-state index is 0.149. The maximum atomic E-state index is 13.6. The molecule has 1 atom stereocenters. The number of benzene rings is 2. The first-order chi connectivity index (χ1) is 10.2. The molecule has 1 saturated carbocycles. The molecule has 1 unspecified atom stereocenters. The topological polar surface area (TPSA) is 12.0 Å². The summed E-state index contributed by atoms with van der Waals surface area (Å²) in [5.41, 5.74) is 1.85. The van der Waals surface area contributed by atoms with Crippen molar-refractivity contribution < 1.29 is 8.78 Å². The fraction of sp³-hybridized carbons (Fsp3) is 0.333. The Morgan fingerprint density at radius 3 is 2.38 bits per heavy atom. The fourth-order valence-corrected chi connectivity index (χ4v) is 2.72. The first kappa shape index (κ1) is 14.2. The highest BCUT2D eigenvalue weighted by molar-refractivity contribution is 5.22. The van der Waals surface area contributed by atoms with Crippen molar-refractivity contribution in [1.82, 2.24) is 5.32 Å². The monoisotopic (exact) mass is 287 g/mol. The quantitative estimate of drug-likeness (QED) is 0.837. The number of rotatable bonds is 6. The zero-order chi connectivity index (χ0) is 14.7. The lowest BCUT2D eigenvalue weighted by atomic mass is 10.0. The minimum Gasteiger partial charge on any atom is -0.309 e. The van der Waals surface area contributed by atoms with Crippen LogP contribution in [0, 0.1) is 17.6 Å². The number of nitrogens with one attached hydrogen (secondary N) is 1. The van der Waals surface area contributed by atoms with E-state index < -0.39 is 0 Å². The van der Waals surface area contributed by atoms with Crippen LogP contribution in [0.2, 0.25) is 0 Å². The number of hydrogen-bond acceptors (Lipinski definition) is 1. The van der Waals surface area contributed by atoms with Gasteiger partial charge in [0.2, 0.25) is 0 Å². The van der Waals surface area contributed by atoms with Crippen LogP contribution >= 0.6 is 0 Å². The second-order valence-corrected chi connectivity index (χ2v) is 5.66. The van der Waals surface area contributed by atoms with Gasteiger partial charge in [-0.05, 0) is 61.1 Å². The Balaban J connectivity index is 1.61. The highest BCUT2D eigenvalue weighted by Crippen LogP contribution is 2.40. The van der Waals surface area contributed by atoms with E-state index in [9.17, 15) is 8.78 Å². The van der Waals surface area contributed by atoms with Crippen molar-refractivity contribution >= 4 is 0 Å². The lowest BCUT2D eigenvalue weighted by molar-refractivity contribution is 0.480. The van der Waals surface area contributed by atoms with E-state index in [1.54, 1.807) is 6.07 Å². The van der Waals surface area contributed by atoms with Crippen LogP contribution in [-0.2, 0) is 6.42 Å². The Kier molecular flexibility index (Phi) is 4.30. The molecule has 0 radical (unpaired) electrons. The summed E-state index contributed by atoms with van der Waals surface area (Å²) >= 11 is 0. The molecule has 0 spiro atoms. The molecule has 0 saturated heterocycles. The predicted molar refractivity (Wildman–Crippen MR) is 80.0 cm³/mol. The molecule has 110 valence electrons. The van der Waals surface area contributed by atoms with Gasteiger partial charge in [-0.3, -0.25) is 0 Å². The van der Waals surface area contributed by atoms with Crippen molar-refractivity contribution in [1.29, 1.82) is 0 Å². The molecule has 1 aliphatic carbocycles. The van der Waals surface area contributed by atoms with Crippen molar-refractivity contribution in [2.75, 3.05) is 6.54 Å². The van der Waals surface area contributed by atoms with E-state index in [4.69, 9.17) is 0 Å². The Labute approximate surface area is 124 Å². The summed E-state index contributed by atoms with van der Waals surface area (Å²) in [4.78, 5) is 0. The number of halogens is 2. The van der Waals surface area contributed by atoms with Crippen LogP contribution in [0.5, 0.6) is 0 Å². The third-order valence-electron chi connectivity index (χ3n) is 4.04. The maximum Gasteiger partial charge on any atom is 0.126 e. The normalized spacial score (nSPS) is 15.9. The Bertz CT molecular complexity index is 590. The zero-order valence-corrected chi connectivity index (χ0v) is 11.9. The van der Waals surface area contributed by atoms with Gasteiger partial charge in [0.05, 0.1) is 0 Å². The Morgan fingerprint density at radius 1 is 1.00 bits per heavy atom. The fourth-order valence-electron chi connectivity index (χ4n) is 2.72. The lowest BCUT2D eigenvalue weighted by Gasteiger charge is -2.19. The largest absolute Gasteiger partial charge is 0.309 e. The molecule has 1 aliphatic rings. The van der Waals surface area contributed by atoms with Crippen LogP contribution in [0.3, 0.4) is 0 Å². The molecule has 0 amide bonds. The first-order valence-corrected chi connectivity index (χ1v) is 7.46. The van der Waals surface area contributed by atoms with Gasteiger partial charge in [-0.25, -0.2) is 8.78 Å². The van der Waals surface area contributed by atoms with Gasteiger partial charge in [0.15, 0.2) is 0 Å². The molecule has 1 N–H and O–H groups in total. The first-order valence-electron chi connectivity index (χ1n) is 7.46. The van der Waals surface area contributed by atoms with Crippen molar-refractivity contribution in [3.63, 3.8) is 0 Å². The van der Waals surface area contributed by atoms with Gasteiger partial charge >= 0.3 is 0 Å². The standard InChI is InChI=1S/C18H19F2N/c19-16-9-7-15(8-10-16)18(14-5-6-14)21-12-11-13-3-1-2-4-17(13)20/h1-4,7-10,14,18,21H,5-6,11-12H2. The highest BCUT2D eigenvalue weighted by atomic mass is 19.1. The highest BCUT2D eigenvalue weighted by Gasteiger charge is 2.31. The van der Waals surface area contributed by atoms with E-state index in [1.807, 2.05) is 24.3 Å². The van der Waals surface area contributed by atoms with Gasteiger partial charge in [-0.2, -0.15) is 0 Å². The van der Waals surface area contributed by atoms with Gasteiger partial charge in [-0.15, -0.1) is 0 Å². The molecule has 0 aliphatic heterocycles. The van der Waals surface area contributed by atoms with E-state index in [-0.39, 0.29) is 17.7 Å². The third-order valence-corrected chi connectivity index (χ3v) is 4.04. The summed E-state index contributed by atoms with van der Waals surface area (Å²) < 4.78 is 26.6. The summed E-state index contributed by atoms with van der Waals surface area (Å²) in [6.07, 6.45) is 3.07. The molecule has 3 heteroatoms. The van der Waals surface area contributed by atoms with E-state index in [0.717, 1.165) is 17.7 Å². The molecule has 1 fully saturated rings. The lowest BCUT2D eigenvalue weighted by Crippen LogP contribution is -2.25. The van der Waals surface area contributed by atoms with Crippen molar-refractivity contribution in [2.24, 2.45) is 5.92 Å². The van der Waals surface area contributed by atoms with Crippen LogP contribution in [0.15, 0.2) is 48.5 Å². The Hall–Kier alpha value is -1.74. The average molecular weight is 287 g/mol. The average Bonchev–Trinajstić information content (AvgIpc) is 3.31. The molecule has 21 heavy (non-hydrogen) atoms. The smallest absolute Gasteiger partial charge is 0.126 e. The summed E-state index contributed by atoms with van der Waals surface area (Å²) in [6, 6.07) is 13.8. The van der Waals surface area contributed by atoms with E-state index in [0.29, 0.717) is 12.3 Å². The molecular weight excluding hydrogens is 268 g/mol. The molecule has 3 rings (SSSR count). The van der Waals surface area contributed by atoms with Crippen LogP contribution in [0.1, 0.15) is 30.0 Å². The summed E-state index contributed by atoms with van der Waals surface area (Å²) in [5.74, 6) is 0.264. The van der Waals surface area contributed by atoms with Crippen LogP contribution in [0.4, 0.5) is 8.78 Å². The molecule has 0 bridgehead atoms. The maximum absolute atomic E-state index is 13.6. The van der Waals surface area contributed by atoms with Crippen molar-refractivity contribution in [3.8, 4) is 0 Å².